The summed E-state index contributed by atoms with van der Waals surface area (Å²) in [6, 6.07) is 10.8. The number of rotatable bonds is 4. The highest BCUT2D eigenvalue weighted by atomic mass is 16.5. The molecule has 1 amide bonds. The number of piperidine rings is 2. The molecule has 3 aliphatic rings. The van der Waals surface area contributed by atoms with Gasteiger partial charge in [-0.25, -0.2) is 0 Å². The van der Waals surface area contributed by atoms with Crippen molar-refractivity contribution in [1.29, 1.82) is 0 Å². The highest BCUT2D eigenvalue weighted by Gasteiger charge is 2.41. The van der Waals surface area contributed by atoms with Gasteiger partial charge in [0.1, 0.15) is 0 Å². The van der Waals surface area contributed by atoms with Crippen LogP contribution >= 0.6 is 0 Å². The molecule has 5 heteroatoms. The number of hydrogen-bond acceptors (Lipinski definition) is 4. The first-order chi connectivity index (χ1) is 14.0. The van der Waals surface area contributed by atoms with Crippen molar-refractivity contribution < 1.29 is 9.53 Å². The summed E-state index contributed by atoms with van der Waals surface area (Å²) in [5.74, 6) is 1.04. The van der Waals surface area contributed by atoms with Crippen molar-refractivity contribution >= 4 is 5.91 Å². The number of carbonyl (C=O) groups excluding carboxylic acids is 1. The standard InChI is InChI=1S/C24H37N3O2/c1-20(26-12-8-22(9-13-26)18-21-6-4-3-5-7-21)23(28)27-16-17-29-24(19-27)10-14-25(2)15-11-24/h3-7,20,22H,8-19H2,1-2H3. The maximum atomic E-state index is 13.3. The molecule has 5 nitrogen and oxygen atoms in total. The zero-order chi connectivity index (χ0) is 20.3. The van der Waals surface area contributed by atoms with Gasteiger partial charge in [-0.05, 0) is 70.6 Å². The Balaban J connectivity index is 1.28. The van der Waals surface area contributed by atoms with Crippen LogP contribution in [0.3, 0.4) is 0 Å². The first kappa shape index (κ1) is 20.8. The van der Waals surface area contributed by atoms with Crippen LogP contribution in [0.5, 0.6) is 0 Å². The van der Waals surface area contributed by atoms with Gasteiger partial charge in [0.2, 0.25) is 5.91 Å². The summed E-state index contributed by atoms with van der Waals surface area (Å²) in [6.07, 6.45) is 5.61. The van der Waals surface area contributed by atoms with Gasteiger partial charge in [0.05, 0.1) is 18.2 Å². The summed E-state index contributed by atoms with van der Waals surface area (Å²) in [4.78, 5) is 20.1. The van der Waals surface area contributed by atoms with Crippen LogP contribution in [0.1, 0.15) is 38.2 Å². The molecule has 0 aromatic heterocycles. The van der Waals surface area contributed by atoms with E-state index in [-0.39, 0.29) is 11.6 Å². The van der Waals surface area contributed by atoms with E-state index in [0.717, 1.165) is 64.4 Å². The predicted molar refractivity (Wildman–Crippen MR) is 116 cm³/mol. The molecule has 0 aliphatic carbocycles. The molecule has 3 aliphatic heterocycles. The van der Waals surface area contributed by atoms with E-state index in [1.54, 1.807) is 0 Å². The molecule has 1 aromatic carbocycles. The lowest BCUT2D eigenvalue weighted by atomic mass is 9.88. The number of benzene rings is 1. The lowest BCUT2D eigenvalue weighted by Crippen LogP contribution is -2.60. The topological polar surface area (TPSA) is 36.0 Å². The second-order valence-corrected chi connectivity index (χ2v) is 9.44. The monoisotopic (exact) mass is 399 g/mol. The van der Waals surface area contributed by atoms with Gasteiger partial charge in [0, 0.05) is 26.2 Å². The Morgan fingerprint density at radius 3 is 2.48 bits per heavy atom. The van der Waals surface area contributed by atoms with E-state index in [4.69, 9.17) is 4.74 Å². The van der Waals surface area contributed by atoms with E-state index >= 15 is 0 Å². The van der Waals surface area contributed by atoms with Crippen LogP contribution in [0, 0.1) is 5.92 Å². The SMILES string of the molecule is CC(C(=O)N1CCOC2(CCN(C)CC2)C1)N1CCC(Cc2ccccc2)CC1. The van der Waals surface area contributed by atoms with Crippen LogP contribution in [0.25, 0.3) is 0 Å². The second kappa shape index (κ2) is 9.15. The van der Waals surface area contributed by atoms with Crippen molar-refractivity contribution in [3.05, 3.63) is 35.9 Å². The Hall–Kier alpha value is -1.43. The molecule has 0 bridgehead atoms. The minimum atomic E-state index is -0.108. The molecule has 0 N–H and O–H groups in total. The summed E-state index contributed by atoms with van der Waals surface area (Å²) in [5.41, 5.74) is 1.33. The Morgan fingerprint density at radius 1 is 1.10 bits per heavy atom. The zero-order valence-electron chi connectivity index (χ0n) is 18.2. The molecule has 160 valence electrons. The van der Waals surface area contributed by atoms with E-state index in [9.17, 15) is 4.79 Å². The minimum Gasteiger partial charge on any atom is -0.371 e. The van der Waals surface area contributed by atoms with E-state index in [1.807, 2.05) is 0 Å². The molecule has 1 atom stereocenters. The van der Waals surface area contributed by atoms with E-state index < -0.39 is 0 Å². The van der Waals surface area contributed by atoms with Crippen LogP contribution in [0.15, 0.2) is 30.3 Å². The number of likely N-dealkylation sites (tertiary alicyclic amines) is 2. The molecule has 29 heavy (non-hydrogen) atoms. The largest absolute Gasteiger partial charge is 0.371 e. The van der Waals surface area contributed by atoms with Crippen molar-refractivity contribution in [1.82, 2.24) is 14.7 Å². The van der Waals surface area contributed by atoms with Crippen LogP contribution in [-0.4, -0.2) is 85.2 Å². The maximum Gasteiger partial charge on any atom is 0.239 e. The highest BCUT2D eigenvalue weighted by molar-refractivity contribution is 5.81. The van der Waals surface area contributed by atoms with Gasteiger partial charge in [-0.3, -0.25) is 9.69 Å². The third kappa shape index (κ3) is 5.01. The summed E-state index contributed by atoms with van der Waals surface area (Å²) >= 11 is 0. The van der Waals surface area contributed by atoms with Crippen LogP contribution in [0.2, 0.25) is 0 Å². The van der Waals surface area contributed by atoms with Gasteiger partial charge >= 0.3 is 0 Å². The Morgan fingerprint density at radius 2 is 1.79 bits per heavy atom. The summed E-state index contributed by atoms with van der Waals surface area (Å²) in [7, 11) is 2.17. The maximum absolute atomic E-state index is 13.3. The van der Waals surface area contributed by atoms with Gasteiger partial charge < -0.3 is 14.5 Å². The predicted octanol–water partition coefficient (Wildman–Crippen LogP) is 2.65. The van der Waals surface area contributed by atoms with Gasteiger partial charge in [0.15, 0.2) is 0 Å². The number of amides is 1. The molecule has 3 fully saturated rings. The van der Waals surface area contributed by atoms with Crippen molar-refractivity contribution in [2.45, 2.75) is 50.7 Å². The lowest BCUT2D eigenvalue weighted by molar-refractivity contribution is -0.163. The molecule has 4 rings (SSSR count). The normalized spacial score (nSPS) is 25.2. The number of carbonyl (C=O) groups is 1. The highest BCUT2D eigenvalue weighted by Crippen LogP contribution is 2.30. The Bertz CT molecular complexity index is 664. The number of hydrogen-bond donors (Lipinski definition) is 0. The molecule has 1 unspecified atom stereocenters. The average molecular weight is 400 g/mol. The van der Waals surface area contributed by atoms with E-state index in [1.165, 1.54) is 18.4 Å². The van der Waals surface area contributed by atoms with E-state index in [2.05, 4.69) is 59.0 Å². The molecule has 1 aromatic rings. The molecule has 0 radical (unpaired) electrons. The lowest BCUT2D eigenvalue weighted by Gasteiger charge is -2.48. The number of nitrogens with zero attached hydrogens (tertiary/aromatic N) is 3. The quantitative estimate of drug-likeness (QED) is 0.780. The molecule has 0 saturated carbocycles. The van der Waals surface area contributed by atoms with Crippen molar-refractivity contribution in [3.8, 4) is 0 Å². The van der Waals surface area contributed by atoms with Crippen molar-refractivity contribution in [3.63, 3.8) is 0 Å². The zero-order valence-corrected chi connectivity index (χ0v) is 18.2. The molecule has 3 heterocycles. The van der Waals surface area contributed by atoms with Gasteiger partial charge in [-0.1, -0.05) is 30.3 Å². The molecular weight excluding hydrogens is 362 g/mol. The summed E-state index contributed by atoms with van der Waals surface area (Å²) in [6.45, 7) is 8.49. The first-order valence-corrected chi connectivity index (χ1v) is 11.4. The van der Waals surface area contributed by atoms with Crippen LogP contribution in [-0.2, 0) is 16.0 Å². The van der Waals surface area contributed by atoms with Gasteiger partial charge in [-0.2, -0.15) is 0 Å². The van der Waals surface area contributed by atoms with Gasteiger partial charge in [-0.15, -0.1) is 0 Å². The first-order valence-electron chi connectivity index (χ1n) is 11.4. The van der Waals surface area contributed by atoms with Crippen molar-refractivity contribution in [2.75, 3.05) is 52.9 Å². The smallest absolute Gasteiger partial charge is 0.239 e. The molecule has 1 spiro atoms. The summed E-state index contributed by atoms with van der Waals surface area (Å²) < 4.78 is 6.20. The van der Waals surface area contributed by atoms with E-state index in [0.29, 0.717) is 12.5 Å². The Kier molecular flexibility index (Phi) is 6.57. The third-order valence-corrected chi connectivity index (χ3v) is 7.38. The Labute approximate surface area is 176 Å². The van der Waals surface area contributed by atoms with Crippen molar-refractivity contribution in [2.24, 2.45) is 5.92 Å². The van der Waals surface area contributed by atoms with Crippen LogP contribution < -0.4 is 0 Å². The fourth-order valence-electron chi connectivity index (χ4n) is 5.27. The fraction of sp³-hybridized carbons (Fsp3) is 0.708. The molecular formula is C24H37N3O2. The van der Waals surface area contributed by atoms with Gasteiger partial charge in [0.25, 0.3) is 0 Å². The molecule has 3 saturated heterocycles. The number of morpholine rings is 1. The van der Waals surface area contributed by atoms with Crippen LogP contribution in [0.4, 0.5) is 0 Å². The summed E-state index contributed by atoms with van der Waals surface area (Å²) in [5, 5.41) is 0. The second-order valence-electron chi connectivity index (χ2n) is 9.44. The average Bonchev–Trinajstić information content (AvgIpc) is 2.76. The third-order valence-electron chi connectivity index (χ3n) is 7.38. The fourth-order valence-corrected chi connectivity index (χ4v) is 5.27. The number of ether oxygens (including phenoxy) is 1. The minimum absolute atomic E-state index is 0.0194.